The second kappa shape index (κ2) is 8.36. The van der Waals surface area contributed by atoms with Gasteiger partial charge in [-0.25, -0.2) is 0 Å². The van der Waals surface area contributed by atoms with Crippen molar-refractivity contribution in [2.75, 3.05) is 18.4 Å². The molecule has 156 valence electrons. The molecule has 0 saturated carbocycles. The molecule has 1 aromatic carbocycles. The van der Waals surface area contributed by atoms with E-state index in [1.54, 1.807) is 21.8 Å². The van der Waals surface area contributed by atoms with E-state index < -0.39 is 11.8 Å². The Bertz CT molecular complexity index is 1010. The first kappa shape index (κ1) is 19.6. The monoisotopic (exact) mass is 410 g/mol. The fourth-order valence-electron chi connectivity index (χ4n) is 3.53. The Balaban J connectivity index is 1.25. The molecular weight excluding hydrogens is 388 g/mol. The molecule has 1 saturated heterocycles. The molecule has 4 amide bonds. The summed E-state index contributed by atoms with van der Waals surface area (Å²) < 4.78 is 1.62. The van der Waals surface area contributed by atoms with E-state index >= 15 is 0 Å². The number of nitrogens with one attached hydrogen (secondary N) is 3. The zero-order valence-electron chi connectivity index (χ0n) is 16.3. The number of rotatable bonds is 6. The van der Waals surface area contributed by atoms with Gasteiger partial charge in [0.2, 0.25) is 5.91 Å². The molecule has 0 bridgehead atoms. The van der Waals surface area contributed by atoms with Crippen LogP contribution in [-0.2, 0) is 34.0 Å². The summed E-state index contributed by atoms with van der Waals surface area (Å²) in [6.45, 7) is 2.48. The van der Waals surface area contributed by atoms with Gasteiger partial charge in [-0.1, -0.05) is 12.1 Å². The van der Waals surface area contributed by atoms with Gasteiger partial charge in [0.15, 0.2) is 0 Å². The van der Waals surface area contributed by atoms with E-state index in [-0.39, 0.29) is 18.4 Å². The molecule has 1 aromatic heterocycles. The van der Waals surface area contributed by atoms with Gasteiger partial charge < -0.3 is 20.9 Å². The topological polar surface area (TPSA) is 125 Å². The SMILES string of the molecule is O=C(NCc1ccc2c(c1)C(=O)NC2)C(=O)Nc1cnn(CCN2CCCC2=O)c1. The van der Waals surface area contributed by atoms with E-state index in [0.717, 1.165) is 24.1 Å². The van der Waals surface area contributed by atoms with E-state index in [1.165, 1.54) is 6.20 Å². The second-order valence-electron chi connectivity index (χ2n) is 7.29. The normalized spacial score (nSPS) is 15.1. The quantitative estimate of drug-likeness (QED) is 0.578. The second-order valence-corrected chi connectivity index (χ2v) is 7.29. The summed E-state index contributed by atoms with van der Waals surface area (Å²) in [5, 5.41) is 11.9. The highest BCUT2D eigenvalue weighted by Crippen LogP contribution is 2.17. The van der Waals surface area contributed by atoms with Gasteiger partial charge in [0, 0.05) is 44.4 Å². The molecule has 10 heteroatoms. The maximum Gasteiger partial charge on any atom is 0.313 e. The summed E-state index contributed by atoms with van der Waals surface area (Å²) in [7, 11) is 0. The van der Waals surface area contributed by atoms with Gasteiger partial charge in [-0.2, -0.15) is 5.10 Å². The van der Waals surface area contributed by atoms with E-state index in [4.69, 9.17) is 0 Å². The first-order chi connectivity index (χ1) is 14.5. The number of benzene rings is 1. The van der Waals surface area contributed by atoms with E-state index in [0.29, 0.717) is 37.3 Å². The lowest BCUT2D eigenvalue weighted by molar-refractivity contribution is -0.136. The fraction of sp³-hybridized carbons (Fsp3) is 0.350. The van der Waals surface area contributed by atoms with Crippen LogP contribution in [0.15, 0.2) is 30.6 Å². The van der Waals surface area contributed by atoms with Crippen molar-refractivity contribution in [3.8, 4) is 0 Å². The summed E-state index contributed by atoms with van der Waals surface area (Å²) in [6.07, 6.45) is 4.54. The van der Waals surface area contributed by atoms with Crippen LogP contribution in [0.25, 0.3) is 0 Å². The molecular formula is C20H22N6O4. The Kier molecular flexibility index (Phi) is 5.46. The third-order valence-electron chi connectivity index (χ3n) is 5.18. The summed E-state index contributed by atoms with van der Waals surface area (Å²) in [4.78, 5) is 49.3. The Labute approximate surface area is 172 Å². The van der Waals surface area contributed by atoms with Crippen LogP contribution in [0.3, 0.4) is 0 Å². The highest BCUT2D eigenvalue weighted by molar-refractivity contribution is 6.39. The van der Waals surface area contributed by atoms with Crippen molar-refractivity contribution in [3.05, 3.63) is 47.3 Å². The molecule has 0 unspecified atom stereocenters. The average molecular weight is 410 g/mol. The predicted octanol–water partition coefficient (Wildman–Crippen LogP) is 0.00380. The van der Waals surface area contributed by atoms with Crippen LogP contribution in [0, 0.1) is 0 Å². The first-order valence-corrected chi connectivity index (χ1v) is 9.79. The molecule has 3 N–H and O–H groups in total. The van der Waals surface area contributed by atoms with Gasteiger partial charge in [-0.15, -0.1) is 0 Å². The number of hydrogen-bond donors (Lipinski definition) is 3. The van der Waals surface area contributed by atoms with Gasteiger partial charge in [-0.3, -0.25) is 23.9 Å². The molecule has 0 aliphatic carbocycles. The van der Waals surface area contributed by atoms with Gasteiger partial charge >= 0.3 is 11.8 Å². The molecule has 1 fully saturated rings. The molecule has 10 nitrogen and oxygen atoms in total. The van der Waals surface area contributed by atoms with Crippen molar-refractivity contribution in [3.63, 3.8) is 0 Å². The minimum absolute atomic E-state index is 0.135. The predicted molar refractivity (Wildman–Crippen MR) is 106 cm³/mol. The number of carbonyl (C=O) groups excluding carboxylic acids is 4. The van der Waals surface area contributed by atoms with Crippen LogP contribution in [0.4, 0.5) is 5.69 Å². The van der Waals surface area contributed by atoms with Gasteiger partial charge in [0.25, 0.3) is 5.91 Å². The van der Waals surface area contributed by atoms with Crippen molar-refractivity contribution in [2.24, 2.45) is 0 Å². The summed E-state index contributed by atoms with van der Waals surface area (Å²) >= 11 is 0. The first-order valence-electron chi connectivity index (χ1n) is 9.79. The number of likely N-dealkylation sites (tertiary alicyclic amines) is 1. The van der Waals surface area contributed by atoms with E-state index in [2.05, 4.69) is 21.0 Å². The number of aromatic nitrogens is 2. The Morgan fingerprint density at radius 3 is 2.83 bits per heavy atom. The molecule has 2 aliphatic heterocycles. The van der Waals surface area contributed by atoms with Crippen molar-refractivity contribution in [2.45, 2.75) is 32.5 Å². The molecule has 0 atom stereocenters. The van der Waals surface area contributed by atoms with Crippen molar-refractivity contribution >= 4 is 29.3 Å². The minimum Gasteiger partial charge on any atom is -0.348 e. The summed E-state index contributed by atoms with van der Waals surface area (Å²) in [6, 6.07) is 5.36. The van der Waals surface area contributed by atoms with Crippen LogP contribution in [0.1, 0.15) is 34.3 Å². The Morgan fingerprint density at radius 2 is 2.03 bits per heavy atom. The van der Waals surface area contributed by atoms with Crippen LogP contribution in [-0.4, -0.2) is 51.4 Å². The lowest BCUT2D eigenvalue weighted by atomic mass is 10.1. The van der Waals surface area contributed by atoms with E-state index in [9.17, 15) is 19.2 Å². The van der Waals surface area contributed by atoms with Crippen molar-refractivity contribution < 1.29 is 19.2 Å². The Hall–Kier alpha value is -3.69. The Morgan fingerprint density at radius 1 is 1.17 bits per heavy atom. The largest absolute Gasteiger partial charge is 0.348 e. The highest BCUT2D eigenvalue weighted by atomic mass is 16.2. The average Bonchev–Trinajstić information content (AvgIpc) is 3.45. The molecule has 30 heavy (non-hydrogen) atoms. The van der Waals surface area contributed by atoms with Gasteiger partial charge in [-0.05, 0) is 23.6 Å². The molecule has 0 spiro atoms. The van der Waals surface area contributed by atoms with Gasteiger partial charge in [0.1, 0.15) is 0 Å². The number of fused-ring (bicyclic) bond motifs is 1. The van der Waals surface area contributed by atoms with Crippen LogP contribution < -0.4 is 16.0 Å². The van der Waals surface area contributed by atoms with Crippen molar-refractivity contribution in [1.82, 2.24) is 25.3 Å². The van der Waals surface area contributed by atoms with E-state index in [1.807, 2.05) is 12.1 Å². The fourth-order valence-corrected chi connectivity index (χ4v) is 3.53. The standard InChI is InChI=1S/C20H22N6O4/c27-17-2-1-5-25(17)6-7-26-12-15(11-23-26)24-20(30)19(29)21-9-13-3-4-14-10-22-18(28)16(14)8-13/h3-4,8,11-12H,1-2,5-7,9-10H2,(H,21,29)(H,22,28)(H,24,30). The third-order valence-corrected chi connectivity index (χ3v) is 5.18. The number of anilines is 1. The lowest BCUT2D eigenvalue weighted by Gasteiger charge is -2.14. The minimum atomic E-state index is -0.803. The molecule has 4 rings (SSSR count). The molecule has 2 aliphatic rings. The van der Waals surface area contributed by atoms with Crippen LogP contribution >= 0.6 is 0 Å². The van der Waals surface area contributed by atoms with Crippen molar-refractivity contribution in [1.29, 1.82) is 0 Å². The lowest BCUT2D eigenvalue weighted by Crippen LogP contribution is -2.34. The smallest absolute Gasteiger partial charge is 0.313 e. The van der Waals surface area contributed by atoms with Gasteiger partial charge in [0.05, 0.1) is 18.4 Å². The number of amides is 4. The number of carbonyl (C=O) groups is 4. The summed E-state index contributed by atoms with van der Waals surface area (Å²) in [5.41, 5.74) is 2.64. The number of hydrogen-bond acceptors (Lipinski definition) is 5. The molecule has 2 aromatic rings. The zero-order valence-corrected chi connectivity index (χ0v) is 16.3. The molecule has 0 radical (unpaired) electrons. The zero-order chi connectivity index (χ0) is 21.1. The maximum absolute atomic E-state index is 12.1. The van der Waals surface area contributed by atoms with Crippen LogP contribution in [0.5, 0.6) is 0 Å². The highest BCUT2D eigenvalue weighted by Gasteiger charge is 2.21. The maximum atomic E-state index is 12.1. The third kappa shape index (κ3) is 4.32. The number of nitrogens with zero attached hydrogens (tertiary/aromatic N) is 3. The van der Waals surface area contributed by atoms with Crippen LogP contribution in [0.2, 0.25) is 0 Å². The molecule has 3 heterocycles. The summed E-state index contributed by atoms with van der Waals surface area (Å²) in [5.74, 6) is -1.57.